The molecule has 16 heavy (non-hydrogen) atoms. The summed E-state index contributed by atoms with van der Waals surface area (Å²) in [5.74, 6) is 0.0136. The van der Waals surface area contributed by atoms with E-state index in [-0.39, 0.29) is 5.78 Å². The van der Waals surface area contributed by atoms with Gasteiger partial charge in [-0.3, -0.25) is 9.78 Å². The molecular weight excluding hydrogens is 222 g/mol. The van der Waals surface area contributed by atoms with Crippen LogP contribution in [0.1, 0.15) is 17.3 Å². The number of hydrogen-bond acceptors (Lipinski definition) is 2. The largest absolute Gasteiger partial charge is 0.295 e. The van der Waals surface area contributed by atoms with Crippen LogP contribution in [-0.4, -0.2) is 10.8 Å². The van der Waals surface area contributed by atoms with Crippen molar-refractivity contribution in [1.82, 2.24) is 4.98 Å². The van der Waals surface area contributed by atoms with Gasteiger partial charge in [0.05, 0.1) is 0 Å². The summed E-state index contributed by atoms with van der Waals surface area (Å²) in [5, 5.41) is 0.570. The summed E-state index contributed by atoms with van der Waals surface area (Å²) < 4.78 is 0. The Morgan fingerprint density at radius 2 is 2.12 bits per heavy atom. The van der Waals surface area contributed by atoms with E-state index >= 15 is 0 Å². The fraction of sp³-hybridized carbons (Fsp3) is 0.0769. The molecule has 2 aromatic rings. The number of nitrogens with zero attached hydrogens (tertiary/aromatic N) is 1. The predicted molar refractivity (Wildman–Crippen MR) is 64.7 cm³/mol. The first kappa shape index (κ1) is 10.8. The maximum atomic E-state index is 11.2. The van der Waals surface area contributed by atoms with Crippen LogP contribution in [0.5, 0.6) is 0 Å². The average Bonchev–Trinajstić information content (AvgIpc) is 2.30. The molecule has 3 heteroatoms. The molecule has 0 fully saturated rings. The molecule has 2 nitrogen and oxygen atoms in total. The minimum Gasteiger partial charge on any atom is -0.295 e. The SMILES string of the molecule is CC(=O)c1ccc(-c2cccnc2)c(Cl)c1. The first-order valence-corrected chi connectivity index (χ1v) is 5.27. The summed E-state index contributed by atoms with van der Waals surface area (Å²) in [6, 6.07) is 9.09. The lowest BCUT2D eigenvalue weighted by atomic mass is 10.0. The molecule has 2 rings (SSSR count). The molecule has 0 unspecified atom stereocenters. The molecule has 0 aliphatic rings. The molecule has 0 aliphatic heterocycles. The van der Waals surface area contributed by atoms with Crippen LogP contribution in [-0.2, 0) is 0 Å². The standard InChI is InChI=1S/C13H10ClNO/c1-9(16)10-4-5-12(13(14)7-10)11-3-2-6-15-8-11/h2-8H,1H3. The van der Waals surface area contributed by atoms with E-state index in [1.807, 2.05) is 18.2 Å². The predicted octanol–water partition coefficient (Wildman–Crippen LogP) is 3.60. The van der Waals surface area contributed by atoms with E-state index < -0.39 is 0 Å². The number of pyridine rings is 1. The molecule has 1 aromatic heterocycles. The second-order valence-electron chi connectivity index (χ2n) is 3.49. The molecule has 80 valence electrons. The topological polar surface area (TPSA) is 30.0 Å². The Labute approximate surface area is 98.9 Å². The van der Waals surface area contributed by atoms with Crippen molar-refractivity contribution < 1.29 is 4.79 Å². The highest BCUT2D eigenvalue weighted by Crippen LogP contribution is 2.28. The quantitative estimate of drug-likeness (QED) is 0.739. The van der Waals surface area contributed by atoms with Gasteiger partial charge in [-0.2, -0.15) is 0 Å². The van der Waals surface area contributed by atoms with Gasteiger partial charge in [-0.25, -0.2) is 0 Å². The Morgan fingerprint density at radius 3 is 2.69 bits per heavy atom. The van der Waals surface area contributed by atoms with Crippen molar-refractivity contribution in [3.63, 3.8) is 0 Å². The molecule has 0 spiro atoms. The van der Waals surface area contributed by atoms with Gasteiger partial charge in [0.15, 0.2) is 5.78 Å². The number of benzene rings is 1. The van der Waals surface area contributed by atoms with Crippen molar-refractivity contribution in [3.8, 4) is 11.1 Å². The van der Waals surface area contributed by atoms with Crippen molar-refractivity contribution in [3.05, 3.63) is 53.3 Å². The Balaban J connectivity index is 2.48. The zero-order valence-electron chi connectivity index (χ0n) is 8.77. The number of halogens is 1. The molecule has 0 saturated carbocycles. The fourth-order valence-electron chi connectivity index (χ4n) is 1.49. The highest BCUT2D eigenvalue weighted by molar-refractivity contribution is 6.33. The van der Waals surface area contributed by atoms with Crippen LogP contribution >= 0.6 is 11.6 Å². The van der Waals surface area contributed by atoms with Crippen molar-refractivity contribution in [2.24, 2.45) is 0 Å². The minimum absolute atomic E-state index is 0.0136. The van der Waals surface area contributed by atoms with Crippen LogP contribution in [0.4, 0.5) is 0 Å². The van der Waals surface area contributed by atoms with E-state index in [0.29, 0.717) is 10.6 Å². The van der Waals surface area contributed by atoms with Crippen molar-refractivity contribution in [2.75, 3.05) is 0 Å². The average molecular weight is 232 g/mol. The first-order chi connectivity index (χ1) is 7.68. The van der Waals surface area contributed by atoms with Crippen molar-refractivity contribution >= 4 is 17.4 Å². The maximum Gasteiger partial charge on any atom is 0.159 e. The Kier molecular flexibility index (Phi) is 3.02. The number of carbonyl (C=O) groups excluding carboxylic acids is 1. The summed E-state index contributed by atoms with van der Waals surface area (Å²) in [4.78, 5) is 15.2. The Morgan fingerprint density at radius 1 is 1.31 bits per heavy atom. The number of Topliss-reactive ketones (excluding diaryl/α,β-unsaturated/α-hetero) is 1. The molecule has 0 amide bonds. The van der Waals surface area contributed by atoms with Gasteiger partial charge < -0.3 is 0 Å². The zero-order valence-corrected chi connectivity index (χ0v) is 9.53. The van der Waals surface area contributed by atoms with E-state index in [4.69, 9.17) is 11.6 Å². The molecular formula is C13H10ClNO. The van der Waals surface area contributed by atoms with E-state index in [9.17, 15) is 4.79 Å². The molecule has 0 atom stereocenters. The molecule has 0 aliphatic carbocycles. The third-order valence-electron chi connectivity index (χ3n) is 2.35. The highest BCUT2D eigenvalue weighted by atomic mass is 35.5. The summed E-state index contributed by atoms with van der Waals surface area (Å²) in [6.07, 6.45) is 3.45. The summed E-state index contributed by atoms with van der Waals surface area (Å²) in [5.41, 5.74) is 2.46. The molecule has 0 bridgehead atoms. The molecule has 0 radical (unpaired) electrons. The highest BCUT2D eigenvalue weighted by Gasteiger charge is 2.06. The second kappa shape index (κ2) is 4.45. The molecule has 0 N–H and O–H groups in total. The first-order valence-electron chi connectivity index (χ1n) is 4.89. The van der Waals surface area contributed by atoms with Crippen LogP contribution in [0.15, 0.2) is 42.7 Å². The smallest absolute Gasteiger partial charge is 0.159 e. The van der Waals surface area contributed by atoms with E-state index in [1.165, 1.54) is 6.92 Å². The number of ketones is 1. The molecule has 1 aromatic carbocycles. The van der Waals surface area contributed by atoms with Gasteiger partial charge >= 0.3 is 0 Å². The van der Waals surface area contributed by atoms with Crippen LogP contribution in [0.25, 0.3) is 11.1 Å². The summed E-state index contributed by atoms with van der Waals surface area (Å²) >= 11 is 6.13. The van der Waals surface area contributed by atoms with Crippen LogP contribution in [0, 0.1) is 0 Å². The Bertz CT molecular complexity index is 523. The fourth-order valence-corrected chi connectivity index (χ4v) is 1.78. The third-order valence-corrected chi connectivity index (χ3v) is 2.66. The number of rotatable bonds is 2. The Hall–Kier alpha value is -1.67. The van der Waals surface area contributed by atoms with Gasteiger partial charge in [0.1, 0.15) is 0 Å². The van der Waals surface area contributed by atoms with E-state index in [0.717, 1.165) is 11.1 Å². The van der Waals surface area contributed by atoms with Crippen LogP contribution < -0.4 is 0 Å². The van der Waals surface area contributed by atoms with Crippen molar-refractivity contribution in [2.45, 2.75) is 6.92 Å². The monoisotopic (exact) mass is 231 g/mol. The van der Waals surface area contributed by atoms with Gasteiger partial charge in [-0.05, 0) is 19.1 Å². The van der Waals surface area contributed by atoms with Crippen molar-refractivity contribution in [1.29, 1.82) is 0 Å². The van der Waals surface area contributed by atoms with Gasteiger partial charge in [-0.15, -0.1) is 0 Å². The minimum atomic E-state index is 0.0136. The normalized spacial score (nSPS) is 10.1. The van der Waals surface area contributed by atoms with Gasteiger partial charge in [0.2, 0.25) is 0 Å². The lowest BCUT2D eigenvalue weighted by molar-refractivity contribution is 0.101. The lowest BCUT2D eigenvalue weighted by Gasteiger charge is -2.05. The van der Waals surface area contributed by atoms with Gasteiger partial charge in [-0.1, -0.05) is 29.8 Å². The number of carbonyl (C=O) groups is 1. The van der Waals surface area contributed by atoms with Crippen LogP contribution in [0.3, 0.4) is 0 Å². The zero-order chi connectivity index (χ0) is 11.5. The molecule has 1 heterocycles. The molecule has 0 saturated heterocycles. The summed E-state index contributed by atoms with van der Waals surface area (Å²) in [7, 11) is 0. The number of aromatic nitrogens is 1. The van der Waals surface area contributed by atoms with Crippen LogP contribution in [0.2, 0.25) is 5.02 Å². The lowest BCUT2D eigenvalue weighted by Crippen LogP contribution is -1.92. The maximum absolute atomic E-state index is 11.2. The summed E-state index contributed by atoms with van der Waals surface area (Å²) in [6.45, 7) is 1.52. The van der Waals surface area contributed by atoms with Gasteiger partial charge in [0, 0.05) is 34.1 Å². The third kappa shape index (κ3) is 2.12. The van der Waals surface area contributed by atoms with Gasteiger partial charge in [0.25, 0.3) is 0 Å². The van der Waals surface area contributed by atoms with E-state index in [1.54, 1.807) is 24.5 Å². The second-order valence-corrected chi connectivity index (χ2v) is 3.90. The van der Waals surface area contributed by atoms with E-state index in [2.05, 4.69) is 4.98 Å². The number of hydrogen-bond donors (Lipinski definition) is 0.